The topological polar surface area (TPSA) is 62.4 Å². The minimum Gasteiger partial charge on any atom is -0.385 e. The first-order chi connectivity index (χ1) is 19.1. The van der Waals surface area contributed by atoms with Crippen molar-refractivity contribution in [1.29, 1.82) is 0 Å². The van der Waals surface area contributed by atoms with Crippen LogP contribution in [0.15, 0.2) is 84.4 Å². The number of aryl methyl sites for hydroxylation is 1. The summed E-state index contributed by atoms with van der Waals surface area (Å²) in [6, 6.07) is 24.3. The van der Waals surface area contributed by atoms with E-state index in [4.69, 9.17) is 17.3 Å². The zero-order valence-electron chi connectivity index (χ0n) is 23.5. The summed E-state index contributed by atoms with van der Waals surface area (Å²) in [4.78, 5) is 4.24. The van der Waals surface area contributed by atoms with Crippen LogP contribution in [-0.2, 0) is 0 Å². The van der Waals surface area contributed by atoms with Crippen LogP contribution in [0.25, 0.3) is 22.3 Å². The van der Waals surface area contributed by atoms with E-state index in [1.807, 2.05) is 0 Å². The van der Waals surface area contributed by atoms with Crippen LogP contribution in [0.5, 0.6) is 0 Å². The van der Waals surface area contributed by atoms with E-state index in [0.717, 1.165) is 44.8 Å². The molecule has 208 valence electrons. The number of benzene rings is 3. The number of alkyl halides is 1. The Morgan fingerprint density at radius 2 is 1.28 bits per heavy atom. The number of aliphatic imine (C=N–C) groups is 1. The average molecular weight is 545 g/mol. The Balaban J connectivity index is 1.44. The highest BCUT2D eigenvalue weighted by atomic mass is 35.5. The predicted octanol–water partition coefficient (Wildman–Crippen LogP) is 9.06. The number of nitrogens with two attached hydrogens (primary N) is 1. The average Bonchev–Trinajstić information content (AvgIpc) is 2.97. The van der Waals surface area contributed by atoms with Gasteiger partial charge in [-0.3, -0.25) is 4.99 Å². The summed E-state index contributed by atoms with van der Waals surface area (Å²) in [6.07, 6.45) is 10.9. The van der Waals surface area contributed by atoms with E-state index in [2.05, 4.69) is 95.9 Å². The van der Waals surface area contributed by atoms with Gasteiger partial charge in [0, 0.05) is 36.9 Å². The monoisotopic (exact) mass is 544 g/mol. The van der Waals surface area contributed by atoms with E-state index < -0.39 is 0 Å². The predicted molar refractivity (Wildman–Crippen MR) is 173 cm³/mol. The summed E-state index contributed by atoms with van der Waals surface area (Å²) in [5.41, 5.74) is 14.3. The van der Waals surface area contributed by atoms with Gasteiger partial charge < -0.3 is 16.4 Å². The number of anilines is 2. The Hall–Kier alpha value is -3.24. The summed E-state index contributed by atoms with van der Waals surface area (Å²) in [5.74, 6) is 1.30. The first-order valence-corrected chi connectivity index (χ1v) is 14.9. The van der Waals surface area contributed by atoms with Gasteiger partial charge in [0.25, 0.3) is 0 Å². The van der Waals surface area contributed by atoms with Crippen molar-refractivity contribution in [3.05, 3.63) is 84.9 Å². The normalized spacial score (nSPS) is 11.4. The van der Waals surface area contributed by atoms with Crippen LogP contribution in [0, 0.1) is 6.92 Å². The van der Waals surface area contributed by atoms with Gasteiger partial charge in [0.2, 0.25) is 0 Å². The zero-order chi connectivity index (χ0) is 27.7. The molecule has 3 rings (SSSR count). The maximum atomic E-state index is 5.75. The summed E-state index contributed by atoms with van der Waals surface area (Å²) >= 11 is 5.75. The highest BCUT2D eigenvalue weighted by Gasteiger charge is 2.06. The zero-order valence-corrected chi connectivity index (χ0v) is 24.3. The maximum absolute atomic E-state index is 5.75. The van der Waals surface area contributed by atoms with Gasteiger partial charge >= 0.3 is 0 Å². The quantitative estimate of drug-likeness (QED) is 0.0647. The summed E-state index contributed by atoms with van der Waals surface area (Å²) in [7, 11) is 0. The van der Waals surface area contributed by atoms with E-state index >= 15 is 0 Å². The molecule has 4 N–H and O–H groups in total. The number of nitrogens with one attached hydrogen (secondary N) is 2. The second-order valence-corrected chi connectivity index (χ2v) is 10.4. The van der Waals surface area contributed by atoms with Crippen molar-refractivity contribution in [1.82, 2.24) is 0 Å². The van der Waals surface area contributed by atoms with Crippen LogP contribution in [0.3, 0.4) is 0 Å². The van der Waals surface area contributed by atoms with E-state index in [1.54, 1.807) is 6.08 Å². The Labute approximate surface area is 240 Å². The molecule has 0 radical (unpaired) electrons. The minimum absolute atomic E-state index is 0.532. The Kier molecular flexibility index (Phi) is 13.5. The minimum atomic E-state index is 0.532. The maximum Gasteiger partial charge on any atom is 0.117 e. The van der Waals surface area contributed by atoms with E-state index in [0.29, 0.717) is 5.84 Å². The van der Waals surface area contributed by atoms with Crippen molar-refractivity contribution in [3.8, 4) is 22.3 Å². The van der Waals surface area contributed by atoms with Crippen molar-refractivity contribution in [2.24, 2.45) is 10.7 Å². The number of unbranched alkanes of at least 4 members (excludes halogenated alkanes) is 6. The molecule has 0 saturated heterocycles. The molecule has 0 heterocycles. The molecular formula is C34H45ClN4. The highest BCUT2D eigenvalue weighted by Crippen LogP contribution is 2.30. The smallest absolute Gasteiger partial charge is 0.117 e. The first kappa shape index (κ1) is 30.3. The number of rotatable bonds is 18. The second kappa shape index (κ2) is 17.4. The van der Waals surface area contributed by atoms with Crippen molar-refractivity contribution in [2.75, 3.05) is 36.1 Å². The molecule has 3 aromatic carbocycles. The van der Waals surface area contributed by atoms with Crippen LogP contribution >= 0.6 is 11.6 Å². The molecule has 3 aromatic rings. The van der Waals surface area contributed by atoms with Gasteiger partial charge in [-0.1, -0.05) is 74.7 Å². The number of hydrogen-bond acceptors (Lipinski definition) is 3. The third kappa shape index (κ3) is 10.8. The first-order valence-electron chi connectivity index (χ1n) is 14.4. The van der Waals surface area contributed by atoms with Crippen LogP contribution in [-0.4, -0.2) is 31.3 Å². The molecule has 39 heavy (non-hydrogen) atoms. The molecule has 0 aliphatic rings. The number of hydrogen-bond donors (Lipinski definition) is 3. The summed E-state index contributed by atoms with van der Waals surface area (Å²) in [6.45, 7) is 8.59. The van der Waals surface area contributed by atoms with Crippen molar-refractivity contribution in [2.45, 2.75) is 58.3 Å². The third-order valence-corrected chi connectivity index (χ3v) is 7.21. The van der Waals surface area contributed by atoms with Gasteiger partial charge in [-0.2, -0.15) is 0 Å². The molecule has 0 saturated carbocycles. The molecule has 0 atom stereocenters. The van der Waals surface area contributed by atoms with Crippen LogP contribution < -0.4 is 16.4 Å². The molecule has 0 aromatic heterocycles. The molecule has 0 unspecified atom stereocenters. The Bertz CT molecular complexity index is 1150. The molecule has 5 heteroatoms. The molecule has 0 bridgehead atoms. The Morgan fingerprint density at radius 3 is 1.85 bits per heavy atom. The van der Waals surface area contributed by atoms with Gasteiger partial charge in [-0.25, -0.2) is 0 Å². The standard InChI is InChI=1S/C34H45ClN4/c1-3-34(36)39-25-11-7-6-10-24-37-31-17-12-28(13-18-31)30-16-21-33(27(2)26-30)29-14-19-32(20-15-29)38-23-9-5-4-8-22-35/h3,12-21,26,37-38H,1,4-11,22-25H2,2H3,(H2,36,39). The summed E-state index contributed by atoms with van der Waals surface area (Å²) < 4.78 is 0. The number of halogens is 1. The lowest BCUT2D eigenvalue weighted by Crippen LogP contribution is -2.07. The number of amidine groups is 1. The van der Waals surface area contributed by atoms with Gasteiger partial charge in [-0.05, 0) is 90.8 Å². The van der Waals surface area contributed by atoms with Crippen molar-refractivity contribution < 1.29 is 0 Å². The van der Waals surface area contributed by atoms with E-state index in [9.17, 15) is 0 Å². The molecule has 4 nitrogen and oxygen atoms in total. The van der Waals surface area contributed by atoms with Crippen molar-refractivity contribution in [3.63, 3.8) is 0 Å². The molecule has 0 fully saturated rings. The summed E-state index contributed by atoms with van der Waals surface area (Å²) in [5, 5.41) is 7.07. The molecular weight excluding hydrogens is 500 g/mol. The lowest BCUT2D eigenvalue weighted by molar-refractivity contribution is 0.662. The van der Waals surface area contributed by atoms with Gasteiger partial charge in [0.05, 0.1) is 0 Å². The van der Waals surface area contributed by atoms with Crippen LogP contribution in [0.4, 0.5) is 11.4 Å². The van der Waals surface area contributed by atoms with E-state index in [1.165, 1.54) is 71.3 Å². The largest absolute Gasteiger partial charge is 0.385 e. The van der Waals surface area contributed by atoms with Crippen molar-refractivity contribution >= 4 is 28.8 Å². The van der Waals surface area contributed by atoms with Crippen LogP contribution in [0.2, 0.25) is 0 Å². The SMILES string of the molecule is C=CC(N)=NCCCCCCNc1ccc(-c2ccc(-c3ccc(NCCCCCCCl)cc3)c(C)c2)cc1. The van der Waals surface area contributed by atoms with Gasteiger partial charge in [0.1, 0.15) is 5.84 Å². The second-order valence-electron chi connectivity index (χ2n) is 10.1. The fourth-order valence-electron chi connectivity index (χ4n) is 4.62. The van der Waals surface area contributed by atoms with Gasteiger partial charge in [-0.15, -0.1) is 11.6 Å². The fourth-order valence-corrected chi connectivity index (χ4v) is 4.81. The molecule has 0 amide bonds. The lowest BCUT2D eigenvalue weighted by Gasteiger charge is -2.12. The third-order valence-electron chi connectivity index (χ3n) is 6.95. The van der Waals surface area contributed by atoms with Crippen LogP contribution in [0.1, 0.15) is 56.9 Å². The Morgan fingerprint density at radius 1 is 0.744 bits per heavy atom. The molecule has 0 spiro atoms. The number of nitrogens with zero attached hydrogens (tertiary/aromatic N) is 1. The lowest BCUT2D eigenvalue weighted by atomic mass is 9.95. The molecule has 0 aliphatic heterocycles. The van der Waals surface area contributed by atoms with E-state index in [-0.39, 0.29) is 0 Å². The molecule has 0 aliphatic carbocycles. The fraction of sp³-hybridized carbons (Fsp3) is 0.382. The highest BCUT2D eigenvalue weighted by molar-refractivity contribution is 6.17. The van der Waals surface area contributed by atoms with Gasteiger partial charge in [0.15, 0.2) is 0 Å².